The molecule has 0 aliphatic carbocycles. The molecule has 12 nitrogen and oxygen atoms in total. The van der Waals surface area contributed by atoms with E-state index in [4.69, 9.17) is 14.2 Å². The van der Waals surface area contributed by atoms with Crippen molar-refractivity contribution in [3.8, 4) is 34.5 Å². The summed E-state index contributed by atoms with van der Waals surface area (Å²) in [5, 5.41) is 90.1. The number of benzene rings is 2. The van der Waals surface area contributed by atoms with Crippen LogP contribution < -0.4 is 9.47 Å². The van der Waals surface area contributed by atoms with Gasteiger partial charge in [-0.05, 0) is 17.7 Å². The molecule has 0 radical (unpaired) electrons. The number of phenolic OH excluding ortho intramolecular Hbond substituents is 4. The first-order chi connectivity index (χ1) is 15.6. The molecule has 2 aromatic carbocycles. The predicted octanol–water partition coefficient (Wildman–Crippen LogP) is -1.28. The minimum atomic E-state index is -1.77. The topological polar surface area (TPSA) is 210 Å². The molecule has 1 fully saturated rings. The zero-order valence-corrected chi connectivity index (χ0v) is 17.0. The smallest absolute Gasteiger partial charge is 0.229 e. The van der Waals surface area contributed by atoms with E-state index in [1.165, 1.54) is 18.2 Å². The quantitative estimate of drug-likeness (QED) is 0.240. The van der Waals surface area contributed by atoms with Crippen LogP contribution in [0.3, 0.4) is 0 Å². The molecular formula is C21H24O12. The third-order valence-corrected chi connectivity index (χ3v) is 5.73. The first-order valence-corrected chi connectivity index (χ1v) is 10.0. The van der Waals surface area contributed by atoms with Crippen molar-refractivity contribution < 1.29 is 60.2 Å². The van der Waals surface area contributed by atoms with Gasteiger partial charge in [0.15, 0.2) is 23.0 Å². The molecule has 180 valence electrons. The maximum absolute atomic E-state index is 10.7. The van der Waals surface area contributed by atoms with E-state index in [9.17, 15) is 46.0 Å². The van der Waals surface area contributed by atoms with Crippen LogP contribution in [-0.2, 0) is 11.2 Å². The Balaban J connectivity index is 1.62. The summed E-state index contributed by atoms with van der Waals surface area (Å²) in [5.74, 6) is -2.53. The van der Waals surface area contributed by atoms with Crippen LogP contribution >= 0.6 is 0 Å². The highest BCUT2D eigenvalue weighted by Crippen LogP contribution is 2.49. The molecule has 0 aromatic heterocycles. The van der Waals surface area contributed by atoms with Gasteiger partial charge in [-0.15, -0.1) is 0 Å². The molecule has 0 saturated carbocycles. The highest BCUT2D eigenvalue weighted by molar-refractivity contribution is 5.61. The minimum absolute atomic E-state index is 0.00835. The Morgan fingerprint density at radius 2 is 1.61 bits per heavy atom. The summed E-state index contributed by atoms with van der Waals surface area (Å²) < 4.78 is 16.3. The van der Waals surface area contributed by atoms with Gasteiger partial charge in [0.25, 0.3) is 0 Å². The molecule has 0 amide bonds. The molecule has 4 rings (SSSR count). The molecular weight excluding hydrogens is 444 g/mol. The molecule has 2 heterocycles. The highest BCUT2D eigenvalue weighted by Gasteiger charge is 2.45. The van der Waals surface area contributed by atoms with Crippen molar-refractivity contribution in [2.24, 2.45) is 0 Å². The molecule has 2 aliphatic heterocycles. The van der Waals surface area contributed by atoms with Crippen molar-refractivity contribution in [2.45, 2.75) is 49.3 Å². The fraction of sp³-hybridized carbons (Fsp3) is 0.429. The molecule has 1 saturated heterocycles. The third kappa shape index (κ3) is 4.08. The highest BCUT2D eigenvalue weighted by atomic mass is 16.7. The summed E-state index contributed by atoms with van der Waals surface area (Å²) in [6, 6.07) is 4.98. The average Bonchev–Trinajstić information content (AvgIpc) is 2.78. The van der Waals surface area contributed by atoms with Crippen LogP contribution in [0.5, 0.6) is 34.5 Å². The van der Waals surface area contributed by atoms with Gasteiger partial charge in [-0.1, -0.05) is 6.07 Å². The van der Waals surface area contributed by atoms with Gasteiger partial charge < -0.3 is 60.2 Å². The Morgan fingerprint density at radius 1 is 0.879 bits per heavy atom. The number of fused-ring (bicyclic) bond motifs is 1. The second-order valence-electron chi connectivity index (χ2n) is 7.92. The first-order valence-electron chi connectivity index (χ1n) is 10.0. The molecule has 12 heteroatoms. The number of hydrogen-bond acceptors (Lipinski definition) is 12. The van der Waals surface area contributed by atoms with E-state index >= 15 is 0 Å². The van der Waals surface area contributed by atoms with Crippen molar-refractivity contribution in [3.63, 3.8) is 0 Å². The number of rotatable bonds is 4. The third-order valence-electron chi connectivity index (χ3n) is 5.73. The van der Waals surface area contributed by atoms with E-state index in [1.54, 1.807) is 0 Å². The fourth-order valence-corrected chi connectivity index (χ4v) is 3.89. The fourth-order valence-electron chi connectivity index (χ4n) is 3.89. The van der Waals surface area contributed by atoms with Crippen molar-refractivity contribution >= 4 is 0 Å². The van der Waals surface area contributed by atoms with Crippen LogP contribution in [0, 0.1) is 0 Å². The minimum Gasteiger partial charge on any atom is -0.504 e. The summed E-state index contributed by atoms with van der Waals surface area (Å²) in [7, 11) is 0. The van der Waals surface area contributed by atoms with Crippen molar-refractivity contribution in [2.75, 3.05) is 6.61 Å². The van der Waals surface area contributed by atoms with Gasteiger partial charge in [0.1, 0.15) is 36.3 Å². The lowest BCUT2D eigenvalue weighted by Gasteiger charge is -2.39. The predicted molar refractivity (Wildman–Crippen MR) is 107 cm³/mol. The molecule has 7 atom stereocenters. The molecule has 3 unspecified atom stereocenters. The van der Waals surface area contributed by atoms with Crippen molar-refractivity contribution in [1.29, 1.82) is 0 Å². The van der Waals surface area contributed by atoms with Gasteiger partial charge in [0.05, 0.1) is 12.7 Å². The van der Waals surface area contributed by atoms with Gasteiger partial charge in [0, 0.05) is 18.1 Å². The maximum Gasteiger partial charge on any atom is 0.229 e. The van der Waals surface area contributed by atoms with E-state index in [-0.39, 0.29) is 23.5 Å². The standard InChI is InChI=1S/C21H24O12/c22-6-14-16(28)17(29)18(30)21(32-14)33-20-12(26)5-13-8(15(20)27)4-11(25)19(31-13)7-1-2-9(23)10(24)3-7/h1-3,5,11,14,16-19,21-30H,4,6H2/t11?,14-,16-,17+,18-,19?,21?/m1/s1. The average molecular weight is 468 g/mol. The van der Waals surface area contributed by atoms with Gasteiger partial charge in [0.2, 0.25) is 12.0 Å². The van der Waals surface area contributed by atoms with Gasteiger partial charge in [-0.3, -0.25) is 0 Å². The van der Waals surface area contributed by atoms with Gasteiger partial charge in [-0.2, -0.15) is 0 Å². The number of phenols is 4. The van der Waals surface area contributed by atoms with E-state index in [0.717, 1.165) is 6.07 Å². The lowest BCUT2D eigenvalue weighted by molar-refractivity contribution is -0.277. The van der Waals surface area contributed by atoms with Crippen LogP contribution in [0.25, 0.3) is 0 Å². The summed E-state index contributed by atoms with van der Waals surface area (Å²) in [6.45, 7) is -0.693. The van der Waals surface area contributed by atoms with Crippen LogP contribution in [-0.4, -0.2) is 89.4 Å². The Kier molecular flexibility index (Phi) is 6.14. The summed E-state index contributed by atoms with van der Waals surface area (Å²) in [6.07, 6.45) is -10.4. The second kappa shape index (κ2) is 8.74. The zero-order chi connectivity index (χ0) is 24.0. The molecule has 9 N–H and O–H groups in total. The number of aromatic hydroxyl groups is 4. The Bertz CT molecular complexity index is 1020. The SMILES string of the molecule is OC[C@H]1OC(Oc2c(O)cc3c(c2O)CC(O)C(c2ccc(O)c(O)c2)O3)[C@H](O)[C@@H](O)[C@@H]1O. The van der Waals surface area contributed by atoms with E-state index in [1.807, 2.05) is 0 Å². The normalized spacial score (nSPS) is 31.5. The molecule has 2 aromatic rings. The van der Waals surface area contributed by atoms with Crippen LogP contribution in [0.15, 0.2) is 24.3 Å². The maximum atomic E-state index is 10.7. The van der Waals surface area contributed by atoms with Crippen molar-refractivity contribution in [3.05, 3.63) is 35.4 Å². The second-order valence-corrected chi connectivity index (χ2v) is 7.92. The number of aliphatic hydroxyl groups is 5. The van der Waals surface area contributed by atoms with Gasteiger partial charge >= 0.3 is 0 Å². The number of hydrogen-bond donors (Lipinski definition) is 9. The van der Waals surface area contributed by atoms with E-state index in [0.29, 0.717) is 5.56 Å². The zero-order valence-electron chi connectivity index (χ0n) is 17.0. The van der Waals surface area contributed by atoms with Crippen LogP contribution in [0.4, 0.5) is 0 Å². The molecule has 0 bridgehead atoms. The lowest BCUT2D eigenvalue weighted by Crippen LogP contribution is -2.60. The molecule has 33 heavy (non-hydrogen) atoms. The summed E-state index contributed by atoms with van der Waals surface area (Å²) >= 11 is 0. The molecule has 0 spiro atoms. The molecule has 2 aliphatic rings. The summed E-state index contributed by atoms with van der Waals surface area (Å²) in [5.41, 5.74) is 0.406. The van der Waals surface area contributed by atoms with Crippen LogP contribution in [0.1, 0.15) is 17.2 Å². The van der Waals surface area contributed by atoms with E-state index < -0.39 is 72.5 Å². The largest absolute Gasteiger partial charge is 0.504 e. The Labute approximate surface area is 186 Å². The Hall–Kier alpha value is -3.00. The first kappa shape index (κ1) is 23.2. The van der Waals surface area contributed by atoms with Gasteiger partial charge in [-0.25, -0.2) is 0 Å². The monoisotopic (exact) mass is 468 g/mol. The van der Waals surface area contributed by atoms with E-state index in [2.05, 4.69) is 0 Å². The Morgan fingerprint density at radius 3 is 2.27 bits per heavy atom. The lowest BCUT2D eigenvalue weighted by atomic mass is 9.93. The number of aliphatic hydroxyl groups excluding tert-OH is 5. The number of ether oxygens (including phenoxy) is 3. The summed E-state index contributed by atoms with van der Waals surface area (Å²) in [4.78, 5) is 0. The van der Waals surface area contributed by atoms with Crippen LogP contribution in [0.2, 0.25) is 0 Å². The van der Waals surface area contributed by atoms with Crippen molar-refractivity contribution in [1.82, 2.24) is 0 Å².